The highest BCUT2D eigenvalue weighted by Gasteiger charge is 2.66. The third kappa shape index (κ3) is 2.28. The highest BCUT2D eigenvalue weighted by molar-refractivity contribution is 9.12. The summed E-state index contributed by atoms with van der Waals surface area (Å²) in [7, 11) is 0. The van der Waals surface area contributed by atoms with E-state index in [2.05, 4.69) is 42.3 Å². The molecule has 3 fully saturated rings. The van der Waals surface area contributed by atoms with Gasteiger partial charge >= 0.3 is 0 Å². The molecule has 3 amide bonds. The Morgan fingerprint density at radius 2 is 1.88 bits per heavy atom. The zero-order valence-corrected chi connectivity index (χ0v) is 15.9. The van der Waals surface area contributed by atoms with Crippen molar-refractivity contribution in [1.82, 2.24) is 10.1 Å². The standard InChI is InChI=1S/C15H15Br2N3O4/c1-5-2-8(19-24-5)18-9(21)4-20-14(22)10-6-3-7(11(10)15(20)23)13(17)12(6)16/h2,6-7,10-13H,3-4H2,1H3,(H,18,19,21)/t6-,7-,10+,11+,12-,13-/m1/s1. The number of likely N-dealkylation sites (tertiary alicyclic amines) is 1. The van der Waals surface area contributed by atoms with Gasteiger partial charge in [0.15, 0.2) is 5.82 Å². The molecule has 4 rings (SSSR count). The smallest absolute Gasteiger partial charge is 0.245 e. The van der Waals surface area contributed by atoms with E-state index in [4.69, 9.17) is 4.52 Å². The molecule has 0 aromatic carbocycles. The molecule has 24 heavy (non-hydrogen) atoms. The van der Waals surface area contributed by atoms with Crippen molar-refractivity contribution in [1.29, 1.82) is 0 Å². The molecule has 6 atom stereocenters. The molecule has 2 saturated carbocycles. The lowest BCUT2D eigenvalue weighted by Gasteiger charge is -2.28. The topological polar surface area (TPSA) is 92.5 Å². The molecule has 0 radical (unpaired) electrons. The molecule has 1 aromatic heterocycles. The van der Waals surface area contributed by atoms with Crippen molar-refractivity contribution >= 4 is 55.4 Å². The molecule has 1 aromatic rings. The monoisotopic (exact) mass is 459 g/mol. The zero-order chi connectivity index (χ0) is 17.2. The largest absolute Gasteiger partial charge is 0.360 e. The van der Waals surface area contributed by atoms with Crippen molar-refractivity contribution in [2.24, 2.45) is 23.7 Å². The van der Waals surface area contributed by atoms with Crippen LogP contribution in [0.5, 0.6) is 0 Å². The van der Waals surface area contributed by atoms with Gasteiger partial charge in [-0.15, -0.1) is 0 Å². The summed E-state index contributed by atoms with van der Waals surface area (Å²) in [6.07, 6.45) is 0.872. The van der Waals surface area contributed by atoms with Crippen LogP contribution in [0.3, 0.4) is 0 Å². The first kappa shape index (κ1) is 16.3. The highest BCUT2D eigenvalue weighted by atomic mass is 79.9. The molecule has 1 N–H and O–H groups in total. The van der Waals surface area contributed by atoms with Gasteiger partial charge in [-0.05, 0) is 25.2 Å². The van der Waals surface area contributed by atoms with Gasteiger partial charge in [0.25, 0.3) is 0 Å². The molecule has 0 spiro atoms. The Balaban J connectivity index is 1.48. The van der Waals surface area contributed by atoms with Crippen LogP contribution in [-0.2, 0) is 14.4 Å². The molecular formula is C15H15Br2N3O4. The van der Waals surface area contributed by atoms with E-state index < -0.39 is 5.91 Å². The third-order valence-corrected chi connectivity index (χ3v) is 8.48. The van der Waals surface area contributed by atoms with Crippen LogP contribution in [0.2, 0.25) is 0 Å². The zero-order valence-electron chi connectivity index (χ0n) is 12.7. The number of aromatic nitrogens is 1. The van der Waals surface area contributed by atoms with Crippen LogP contribution in [0.15, 0.2) is 10.6 Å². The number of nitrogens with zero attached hydrogens (tertiary/aromatic N) is 2. The number of hydrogen-bond acceptors (Lipinski definition) is 5. The summed E-state index contributed by atoms with van der Waals surface area (Å²) in [4.78, 5) is 39.0. The number of imide groups is 1. The van der Waals surface area contributed by atoms with Crippen molar-refractivity contribution in [3.8, 4) is 0 Å². The van der Waals surface area contributed by atoms with E-state index in [-0.39, 0.29) is 57.5 Å². The molecule has 128 valence electrons. The van der Waals surface area contributed by atoms with Gasteiger partial charge < -0.3 is 9.84 Å². The summed E-state index contributed by atoms with van der Waals surface area (Å²) < 4.78 is 4.88. The second-order valence-electron chi connectivity index (χ2n) is 6.64. The minimum Gasteiger partial charge on any atom is -0.360 e. The molecule has 2 heterocycles. The van der Waals surface area contributed by atoms with Crippen molar-refractivity contribution in [3.63, 3.8) is 0 Å². The summed E-state index contributed by atoms with van der Waals surface area (Å²) in [6.45, 7) is 1.43. The van der Waals surface area contributed by atoms with E-state index in [9.17, 15) is 14.4 Å². The lowest BCUT2D eigenvalue weighted by molar-refractivity contribution is -0.143. The number of carbonyl (C=O) groups is 3. The maximum Gasteiger partial charge on any atom is 0.245 e. The first-order chi connectivity index (χ1) is 11.4. The lowest BCUT2D eigenvalue weighted by Crippen LogP contribution is -2.39. The number of rotatable bonds is 3. The predicted octanol–water partition coefficient (Wildman–Crippen LogP) is 1.70. The molecule has 1 aliphatic heterocycles. The lowest BCUT2D eigenvalue weighted by atomic mass is 9.81. The summed E-state index contributed by atoms with van der Waals surface area (Å²) in [6, 6.07) is 1.57. The SMILES string of the molecule is Cc1cc(NC(=O)CN2C(=O)[C@H]3[C@H]4C[C@@H]([C@@H](Br)[C@@H]4Br)[C@@H]3C2=O)no1. The Morgan fingerprint density at radius 3 is 2.38 bits per heavy atom. The quantitative estimate of drug-likeness (QED) is 0.547. The van der Waals surface area contributed by atoms with Crippen LogP contribution in [0.4, 0.5) is 5.82 Å². The molecule has 3 aliphatic rings. The molecular weight excluding hydrogens is 446 g/mol. The van der Waals surface area contributed by atoms with Gasteiger partial charge in [-0.1, -0.05) is 37.0 Å². The number of hydrogen-bond donors (Lipinski definition) is 1. The Kier molecular flexibility index (Phi) is 3.83. The van der Waals surface area contributed by atoms with Gasteiger partial charge in [-0.2, -0.15) is 0 Å². The minimum absolute atomic E-state index is 0.145. The Morgan fingerprint density at radius 1 is 1.29 bits per heavy atom. The second kappa shape index (κ2) is 5.66. The van der Waals surface area contributed by atoms with Crippen LogP contribution >= 0.6 is 31.9 Å². The summed E-state index contributed by atoms with van der Waals surface area (Å²) >= 11 is 7.27. The average Bonchev–Trinajstić information content (AvgIpc) is 3.23. The number of halogens is 2. The Bertz CT molecular complexity index is 704. The fourth-order valence-corrected chi connectivity index (χ4v) is 6.19. The summed E-state index contributed by atoms with van der Waals surface area (Å²) in [5.74, 6) is -0.386. The summed E-state index contributed by atoms with van der Waals surface area (Å²) in [5.41, 5.74) is 0. The van der Waals surface area contributed by atoms with E-state index in [1.807, 2.05) is 0 Å². The van der Waals surface area contributed by atoms with Gasteiger partial charge in [-0.3, -0.25) is 19.3 Å². The average molecular weight is 461 g/mol. The number of carbonyl (C=O) groups excluding carboxylic acids is 3. The normalized spacial score (nSPS) is 37.2. The van der Waals surface area contributed by atoms with Crippen molar-refractivity contribution in [3.05, 3.63) is 11.8 Å². The molecule has 2 bridgehead atoms. The summed E-state index contributed by atoms with van der Waals surface area (Å²) in [5, 5.41) is 6.22. The molecule has 2 aliphatic carbocycles. The number of alkyl halides is 2. The van der Waals surface area contributed by atoms with E-state index in [1.165, 1.54) is 0 Å². The first-order valence-electron chi connectivity index (χ1n) is 7.75. The Hall–Kier alpha value is -1.22. The van der Waals surface area contributed by atoms with Crippen LogP contribution in [0, 0.1) is 30.6 Å². The van der Waals surface area contributed by atoms with Crippen LogP contribution in [0.1, 0.15) is 12.2 Å². The van der Waals surface area contributed by atoms with Crippen molar-refractivity contribution in [2.75, 3.05) is 11.9 Å². The molecule has 7 nitrogen and oxygen atoms in total. The minimum atomic E-state index is -0.455. The Labute approximate surface area is 154 Å². The van der Waals surface area contributed by atoms with Crippen LogP contribution < -0.4 is 5.32 Å². The third-order valence-electron chi connectivity index (χ3n) is 5.28. The maximum absolute atomic E-state index is 12.7. The highest BCUT2D eigenvalue weighted by Crippen LogP contribution is 2.60. The maximum atomic E-state index is 12.7. The van der Waals surface area contributed by atoms with Gasteiger partial charge in [0.1, 0.15) is 12.3 Å². The number of fused-ring (bicyclic) bond motifs is 5. The number of anilines is 1. The van der Waals surface area contributed by atoms with Gasteiger partial charge in [0.2, 0.25) is 17.7 Å². The van der Waals surface area contributed by atoms with Crippen LogP contribution in [-0.4, -0.2) is 44.0 Å². The molecule has 9 heteroatoms. The number of nitrogens with one attached hydrogen (secondary N) is 1. The van der Waals surface area contributed by atoms with E-state index >= 15 is 0 Å². The van der Waals surface area contributed by atoms with Crippen LogP contribution in [0.25, 0.3) is 0 Å². The fourth-order valence-electron chi connectivity index (χ4n) is 4.32. The van der Waals surface area contributed by atoms with E-state index in [0.29, 0.717) is 5.76 Å². The number of amides is 3. The predicted molar refractivity (Wildman–Crippen MR) is 90.6 cm³/mol. The second-order valence-corrected chi connectivity index (χ2v) is 8.75. The first-order valence-corrected chi connectivity index (χ1v) is 9.58. The molecule has 1 saturated heterocycles. The van der Waals surface area contributed by atoms with Gasteiger partial charge in [0, 0.05) is 15.7 Å². The fraction of sp³-hybridized carbons (Fsp3) is 0.600. The van der Waals surface area contributed by atoms with E-state index in [0.717, 1.165) is 11.3 Å². The number of aryl methyl sites for hydroxylation is 1. The van der Waals surface area contributed by atoms with Gasteiger partial charge in [0.05, 0.1) is 11.8 Å². The molecule has 0 unspecified atom stereocenters. The van der Waals surface area contributed by atoms with Crippen molar-refractivity contribution < 1.29 is 18.9 Å². The van der Waals surface area contributed by atoms with Crippen molar-refractivity contribution in [2.45, 2.75) is 23.0 Å². The van der Waals surface area contributed by atoms with E-state index in [1.54, 1.807) is 13.0 Å². The van der Waals surface area contributed by atoms with Gasteiger partial charge in [-0.25, -0.2) is 0 Å².